The summed E-state index contributed by atoms with van der Waals surface area (Å²) >= 11 is 0. The van der Waals surface area contributed by atoms with E-state index in [1.54, 1.807) is 11.9 Å². The molecule has 1 aliphatic carbocycles. The number of carbonyl (C=O) groups is 2. The maximum absolute atomic E-state index is 12.5. The fourth-order valence-electron chi connectivity index (χ4n) is 4.20. The van der Waals surface area contributed by atoms with Gasteiger partial charge in [0.25, 0.3) is 0 Å². The second-order valence-corrected chi connectivity index (χ2v) is 8.10. The van der Waals surface area contributed by atoms with Crippen molar-refractivity contribution in [1.29, 1.82) is 0 Å². The lowest BCUT2D eigenvalue weighted by atomic mass is 9.88. The summed E-state index contributed by atoms with van der Waals surface area (Å²) in [6, 6.07) is 7.96. The molecule has 1 saturated heterocycles. The number of anilines is 1. The average molecular weight is 430 g/mol. The third kappa shape index (κ3) is 6.60. The van der Waals surface area contributed by atoms with Crippen LogP contribution in [0.4, 0.5) is 10.5 Å². The van der Waals surface area contributed by atoms with E-state index in [1.807, 2.05) is 31.2 Å². The minimum absolute atomic E-state index is 0.139. The van der Waals surface area contributed by atoms with Crippen LogP contribution in [-0.2, 0) is 16.1 Å². The van der Waals surface area contributed by atoms with Crippen molar-refractivity contribution >= 4 is 23.6 Å². The van der Waals surface area contributed by atoms with Crippen molar-refractivity contribution in [2.45, 2.75) is 45.6 Å². The highest BCUT2D eigenvalue weighted by Gasteiger charge is 2.24. The van der Waals surface area contributed by atoms with Crippen LogP contribution in [-0.4, -0.2) is 67.6 Å². The van der Waals surface area contributed by atoms with Gasteiger partial charge in [-0.25, -0.2) is 4.79 Å². The molecule has 0 spiro atoms. The van der Waals surface area contributed by atoms with Crippen molar-refractivity contribution in [2.75, 3.05) is 45.2 Å². The topological polar surface area (TPSA) is 86.3 Å². The van der Waals surface area contributed by atoms with Gasteiger partial charge in [-0.05, 0) is 37.5 Å². The molecular weight excluding hydrogens is 394 g/mol. The lowest BCUT2D eigenvalue weighted by molar-refractivity contribution is -0.120. The van der Waals surface area contributed by atoms with Gasteiger partial charge in [0.15, 0.2) is 5.96 Å². The monoisotopic (exact) mass is 429 g/mol. The summed E-state index contributed by atoms with van der Waals surface area (Å²) in [6.45, 7) is 5.45. The van der Waals surface area contributed by atoms with E-state index < -0.39 is 0 Å². The molecular formula is C23H35N5O3. The van der Waals surface area contributed by atoms with Crippen LogP contribution in [0.2, 0.25) is 0 Å². The minimum Gasteiger partial charge on any atom is -0.450 e. The molecule has 1 aromatic carbocycles. The van der Waals surface area contributed by atoms with Crippen molar-refractivity contribution in [3.05, 3.63) is 29.8 Å². The number of amides is 2. The summed E-state index contributed by atoms with van der Waals surface area (Å²) < 4.78 is 5.08. The van der Waals surface area contributed by atoms with E-state index in [4.69, 9.17) is 4.74 Å². The Hall–Kier alpha value is -2.77. The standard InChI is InChI=1S/C23H35N5O3/c1-3-31-23(30)28-14-12-27(13-15-28)22(24-2)25-17-18-8-7-11-20(16-18)26-21(29)19-9-5-4-6-10-19/h7-8,11,16,19H,3-6,9-10,12-15,17H2,1-2H3,(H,24,25)(H,26,29). The van der Waals surface area contributed by atoms with Crippen molar-refractivity contribution in [3.8, 4) is 0 Å². The Morgan fingerprint density at radius 1 is 1.10 bits per heavy atom. The molecule has 0 bridgehead atoms. The molecule has 0 aromatic heterocycles. The van der Waals surface area contributed by atoms with Crippen LogP contribution in [0.1, 0.15) is 44.6 Å². The smallest absolute Gasteiger partial charge is 0.409 e. The first-order valence-corrected chi connectivity index (χ1v) is 11.4. The van der Waals surface area contributed by atoms with Gasteiger partial charge in [0, 0.05) is 51.4 Å². The number of hydrogen-bond donors (Lipinski definition) is 2. The van der Waals surface area contributed by atoms with E-state index >= 15 is 0 Å². The number of ether oxygens (including phenoxy) is 1. The van der Waals surface area contributed by atoms with Crippen molar-refractivity contribution in [3.63, 3.8) is 0 Å². The van der Waals surface area contributed by atoms with E-state index in [0.29, 0.717) is 39.3 Å². The van der Waals surface area contributed by atoms with Gasteiger partial charge in [-0.3, -0.25) is 9.79 Å². The molecule has 0 radical (unpaired) electrons. The quantitative estimate of drug-likeness (QED) is 0.555. The van der Waals surface area contributed by atoms with Crippen LogP contribution < -0.4 is 10.6 Å². The fraction of sp³-hybridized carbons (Fsp3) is 0.609. The molecule has 8 heteroatoms. The van der Waals surface area contributed by atoms with Crippen molar-refractivity contribution < 1.29 is 14.3 Å². The van der Waals surface area contributed by atoms with Crippen molar-refractivity contribution in [2.24, 2.45) is 10.9 Å². The summed E-state index contributed by atoms with van der Waals surface area (Å²) in [5.74, 6) is 1.09. The molecule has 2 fully saturated rings. The van der Waals surface area contributed by atoms with Gasteiger partial charge < -0.3 is 25.2 Å². The first-order valence-electron chi connectivity index (χ1n) is 11.4. The second kappa shape index (κ2) is 11.6. The van der Waals surface area contributed by atoms with E-state index in [9.17, 15) is 9.59 Å². The van der Waals surface area contributed by atoms with Crippen molar-refractivity contribution in [1.82, 2.24) is 15.1 Å². The molecule has 0 atom stereocenters. The number of guanidine groups is 1. The molecule has 1 heterocycles. The number of carbonyl (C=O) groups excluding carboxylic acids is 2. The minimum atomic E-state index is -0.253. The molecule has 2 amide bonds. The third-order valence-corrected chi connectivity index (χ3v) is 5.94. The Labute approximate surface area is 185 Å². The summed E-state index contributed by atoms with van der Waals surface area (Å²) in [7, 11) is 1.76. The Morgan fingerprint density at radius 3 is 2.48 bits per heavy atom. The van der Waals surface area contributed by atoms with Gasteiger partial charge in [-0.15, -0.1) is 0 Å². The Morgan fingerprint density at radius 2 is 1.81 bits per heavy atom. The third-order valence-electron chi connectivity index (χ3n) is 5.94. The van der Waals surface area contributed by atoms with E-state index in [-0.39, 0.29) is 17.9 Å². The molecule has 31 heavy (non-hydrogen) atoms. The summed E-state index contributed by atoms with van der Waals surface area (Å²) in [4.78, 5) is 32.7. The number of rotatable bonds is 5. The summed E-state index contributed by atoms with van der Waals surface area (Å²) in [6.07, 6.45) is 5.27. The highest BCUT2D eigenvalue weighted by atomic mass is 16.6. The number of nitrogens with one attached hydrogen (secondary N) is 2. The second-order valence-electron chi connectivity index (χ2n) is 8.10. The maximum atomic E-state index is 12.5. The highest BCUT2D eigenvalue weighted by molar-refractivity contribution is 5.92. The first-order chi connectivity index (χ1) is 15.1. The number of benzene rings is 1. The number of piperazine rings is 1. The SMILES string of the molecule is CCOC(=O)N1CCN(C(=NC)NCc2cccc(NC(=O)C3CCCCC3)c2)CC1. The zero-order valence-corrected chi connectivity index (χ0v) is 18.7. The normalized spacial score (nSPS) is 17.9. The Balaban J connectivity index is 1.49. The summed E-state index contributed by atoms with van der Waals surface area (Å²) in [5.41, 5.74) is 1.92. The zero-order valence-electron chi connectivity index (χ0n) is 18.7. The molecule has 1 aliphatic heterocycles. The number of nitrogens with zero attached hydrogens (tertiary/aromatic N) is 3. The lowest BCUT2D eigenvalue weighted by Gasteiger charge is -2.35. The van der Waals surface area contributed by atoms with Gasteiger partial charge in [-0.2, -0.15) is 0 Å². The van der Waals surface area contributed by atoms with Crippen LogP contribution in [0.25, 0.3) is 0 Å². The molecule has 8 nitrogen and oxygen atoms in total. The largest absolute Gasteiger partial charge is 0.450 e. The van der Waals surface area contributed by atoms with Gasteiger partial charge >= 0.3 is 6.09 Å². The molecule has 2 aliphatic rings. The molecule has 0 unspecified atom stereocenters. The number of hydrogen-bond acceptors (Lipinski definition) is 4. The zero-order chi connectivity index (χ0) is 22.1. The molecule has 1 saturated carbocycles. The Kier molecular flexibility index (Phi) is 8.55. The summed E-state index contributed by atoms with van der Waals surface area (Å²) in [5, 5.41) is 6.48. The van der Waals surface area contributed by atoms with Gasteiger partial charge in [-0.1, -0.05) is 31.4 Å². The molecule has 170 valence electrons. The van der Waals surface area contributed by atoms with Crippen LogP contribution in [0.5, 0.6) is 0 Å². The van der Waals surface area contributed by atoms with E-state index in [0.717, 1.165) is 42.9 Å². The molecule has 3 rings (SSSR count). The van der Waals surface area contributed by atoms with Gasteiger partial charge in [0.2, 0.25) is 5.91 Å². The van der Waals surface area contributed by atoms with Gasteiger partial charge in [0.1, 0.15) is 0 Å². The van der Waals surface area contributed by atoms with E-state index in [2.05, 4.69) is 20.5 Å². The first kappa shape index (κ1) is 22.9. The fourth-order valence-corrected chi connectivity index (χ4v) is 4.20. The van der Waals surface area contributed by atoms with Crippen LogP contribution in [0, 0.1) is 5.92 Å². The van der Waals surface area contributed by atoms with Crippen LogP contribution in [0.15, 0.2) is 29.3 Å². The average Bonchev–Trinajstić information content (AvgIpc) is 2.81. The predicted octanol–water partition coefficient (Wildman–Crippen LogP) is 3.05. The molecule has 2 N–H and O–H groups in total. The molecule has 1 aromatic rings. The Bertz CT molecular complexity index is 768. The van der Waals surface area contributed by atoms with Crippen LogP contribution >= 0.6 is 0 Å². The highest BCUT2D eigenvalue weighted by Crippen LogP contribution is 2.25. The van der Waals surface area contributed by atoms with E-state index in [1.165, 1.54) is 6.42 Å². The number of aliphatic imine (C=N–C) groups is 1. The van der Waals surface area contributed by atoms with Gasteiger partial charge in [0.05, 0.1) is 6.61 Å². The van der Waals surface area contributed by atoms with Crippen LogP contribution in [0.3, 0.4) is 0 Å². The maximum Gasteiger partial charge on any atom is 0.409 e. The lowest BCUT2D eigenvalue weighted by Crippen LogP contribution is -2.53. The predicted molar refractivity (Wildman–Crippen MR) is 122 cm³/mol.